The Kier molecular flexibility index (Phi) is 3.16. The standard InChI is InChI=1S/C13H13N5O2/c19-12(15-8-5-6-8)9-3-1-2-4-10(9)16-13(20)11-7-14-18-17-11/h1-4,7-8H,5-6H2,(H,15,19)(H,16,20)(H,14,17,18). The van der Waals surface area contributed by atoms with Gasteiger partial charge < -0.3 is 10.6 Å². The highest BCUT2D eigenvalue weighted by Crippen LogP contribution is 2.21. The number of rotatable bonds is 4. The van der Waals surface area contributed by atoms with E-state index in [0.717, 1.165) is 12.8 Å². The maximum absolute atomic E-state index is 12.1. The van der Waals surface area contributed by atoms with Crippen molar-refractivity contribution in [2.75, 3.05) is 5.32 Å². The Morgan fingerprint density at radius 3 is 2.70 bits per heavy atom. The van der Waals surface area contributed by atoms with Crippen LogP contribution in [0.3, 0.4) is 0 Å². The zero-order chi connectivity index (χ0) is 13.9. The van der Waals surface area contributed by atoms with E-state index in [1.54, 1.807) is 24.3 Å². The van der Waals surface area contributed by atoms with E-state index >= 15 is 0 Å². The summed E-state index contributed by atoms with van der Waals surface area (Å²) in [5, 5.41) is 15.2. The van der Waals surface area contributed by atoms with Crippen molar-refractivity contribution in [3.8, 4) is 0 Å². The summed E-state index contributed by atoms with van der Waals surface area (Å²) in [6.45, 7) is 0. The van der Waals surface area contributed by atoms with Crippen LogP contribution < -0.4 is 10.6 Å². The molecular formula is C13H13N5O2. The number of H-pyrrole nitrogens is 1. The van der Waals surface area contributed by atoms with Gasteiger partial charge >= 0.3 is 0 Å². The molecule has 20 heavy (non-hydrogen) atoms. The summed E-state index contributed by atoms with van der Waals surface area (Å²) in [6, 6.07) is 7.14. The minimum Gasteiger partial charge on any atom is -0.349 e. The van der Waals surface area contributed by atoms with Crippen LogP contribution in [-0.4, -0.2) is 33.3 Å². The topological polar surface area (TPSA) is 99.8 Å². The van der Waals surface area contributed by atoms with Crippen LogP contribution in [0.25, 0.3) is 0 Å². The molecular weight excluding hydrogens is 258 g/mol. The fraction of sp³-hybridized carbons (Fsp3) is 0.231. The lowest BCUT2D eigenvalue weighted by atomic mass is 10.1. The van der Waals surface area contributed by atoms with Crippen molar-refractivity contribution in [1.29, 1.82) is 0 Å². The van der Waals surface area contributed by atoms with Crippen molar-refractivity contribution in [3.05, 3.63) is 41.7 Å². The fourth-order valence-corrected chi connectivity index (χ4v) is 1.78. The van der Waals surface area contributed by atoms with Crippen LogP contribution in [0.15, 0.2) is 30.5 Å². The molecule has 1 aliphatic rings. The first-order valence-corrected chi connectivity index (χ1v) is 6.31. The van der Waals surface area contributed by atoms with Crippen molar-refractivity contribution >= 4 is 17.5 Å². The molecule has 0 aliphatic heterocycles. The zero-order valence-corrected chi connectivity index (χ0v) is 10.6. The summed E-state index contributed by atoms with van der Waals surface area (Å²) in [6.07, 6.45) is 3.35. The maximum Gasteiger partial charge on any atom is 0.277 e. The quantitative estimate of drug-likeness (QED) is 0.770. The third kappa shape index (κ3) is 2.66. The summed E-state index contributed by atoms with van der Waals surface area (Å²) in [5.74, 6) is -0.589. The summed E-state index contributed by atoms with van der Waals surface area (Å²) in [4.78, 5) is 24.0. The molecule has 2 amide bonds. The minimum absolute atomic E-state index is 0.169. The number of carbonyl (C=O) groups excluding carboxylic acids is 2. The molecule has 0 radical (unpaired) electrons. The van der Waals surface area contributed by atoms with E-state index in [-0.39, 0.29) is 17.6 Å². The van der Waals surface area contributed by atoms with Crippen LogP contribution in [-0.2, 0) is 0 Å². The second-order valence-corrected chi connectivity index (χ2v) is 4.60. The molecule has 0 saturated heterocycles. The lowest BCUT2D eigenvalue weighted by Crippen LogP contribution is -2.27. The highest BCUT2D eigenvalue weighted by atomic mass is 16.2. The molecule has 0 spiro atoms. The van der Waals surface area contributed by atoms with E-state index < -0.39 is 5.91 Å². The lowest BCUT2D eigenvalue weighted by Gasteiger charge is -2.10. The maximum atomic E-state index is 12.1. The van der Waals surface area contributed by atoms with Crippen LogP contribution in [0.2, 0.25) is 0 Å². The Hall–Kier alpha value is -2.70. The number of para-hydroxylation sites is 1. The second kappa shape index (κ2) is 5.12. The van der Waals surface area contributed by atoms with Crippen molar-refractivity contribution < 1.29 is 9.59 Å². The number of aromatic nitrogens is 3. The molecule has 1 heterocycles. The third-order valence-electron chi connectivity index (χ3n) is 2.98. The molecule has 2 aromatic rings. The van der Waals surface area contributed by atoms with E-state index in [4.69, 9.17) is 0 Å². The number of aromatic amines is 1. The van der Waals surface area contributed by atoms with Gasteiger partial charge in [-0.2, -0.15) is 15.4 Å². The van der Waals surface area contributed by atoms with E-state index in [1.165, 1.54) is 6.20 Å². The molecule has 1 aromatic heterocycles. The summed E-state index contributed by atoms with van der Waals surface area (Å²) >= 11 is 0. The Morgan fingerprint density at radius 2 is 2.00 bits per heavy atom. The molecule has 7 nitrogen and oxygen atoms in total. The molecule has 0 unspecified atom stereocenters. The first-order valence-electron chi connectivity index (χ1n) is 6.31. The largest absolute Gasteiger partial charge is 0.349 e. The number of carbonyl (C=O) groups is 2. The van der Waals surface area contributed by atoms with Gasteiger partial charge in [-0.3, -0.25) is 9.59 Å². The van der Waals surface area contributed by atoms with Crippen molar-refractivity contribution in [1.82, 2.24) is 20.7 Å². The van der Waals surface area contributed by atoms with E-state index in [9.17, 15) is 9.59 Å². The van der Waals surface area contributed by atoms with Gasteiger partial charge in [0.1, 0.15) is 0 Å². The van der Waals surface area contributed by atoms with Gasteiger partial charge in [-0.25, -0.2) is 0 Å². The molecule has 3 rings (SSSR count). The van der Waals surface area contributed by atoms with Gasteiger partial charge in [0, 0.05) is 6.04 Å². The number of anilines is 1. The minimum atomic E-state index is -0.412. The molecule has 0 bridgehead atoms. The Morgan fingerprint density at radius 1 is 1.20 bits per heavy atom. The Balaban J connectivity index is 1.78. The number of nitrogens with zero attached hydrogens (tertiary/aromatic N) is 2. The molecule has 3 N–H and O–H groups in total. The van der Waals surface area contributed by atoms with Crippen molar-refractivity contribution in [2.24, 2.45) is 0 Å². The van der Waals surface area contributed by atoms with E-state index in [1.807, 2.05) is 0 Å². The predicted molar refractivity (Wildman–Crippen MR) is 71.3 cm³/mol. The van der Waals surface area contributed by atoms with Crippen LogP contribution in [0, 0.1) is 0 Å². The van der Waals surface area contributed by atoms with Gasteiger partial charge in [-0.05, 0) is 25.0 Å². The monoisotopic (exact) mass is 271 g/mol. The second-order valence-electron chi connectivity index (χ2n) is 4.60. The fourth-order valence-electron chi connectivity index (χ4n) is 1.78. The van der Waals surface area contributed by atoms with Gasteiger partial charge in [0.15, 0.2) is 5.69 Å². The van der Waals surface area contributed by atoms with Crippen molar-refractivity contribution in [3.63, 3.8) is 0 Å². The van der Waals surface area contributed by atoms with Crippen LogP contribution in [0.5, 0.6) is 0 Å². The summed E-state index contributed by atoms with van der Waals surface area (Å²) in [5.41, 5.74) is 1.07. The highest BCUT2D eigenvalue weighted by molar-refractivity contribution is 6.08. The predicted octanol–water partition coefficient (Wildman–Crippen LogP) is 0.949. The van der Waals surface area contributed by atoms with Crippen LogP contribution >= 0.6 is 0 Å². The molecule has 7 heteroatoms. The molecule has 1 aliphatic carbocycles. The number of nitrogens with one attached hydrogen (secondary N) is 3. The first-order chi connectivity index (χ1) is 9.74. The van der Waals surface area contributed by atoms with E-state index in [2.05, 4.69) is 26.0 Å². The molecule has 1 saturated carbocycles. The van der Waals surface area contributed by atoms with Crippen LogP contribution in [0.1, 0.15) is 33.7 Å². The molecule has 0 atom stereocenters. The van der Waals surface area contributed by atoms with E-state index in [0.29, 0.717) is 11.3 Å². The zero-order valence-electron chi connectivity index (χ0n) is 10.6. The average Bonchev–Trinajstić information content (AvgIpc) is 3.08. The highest BCUT2D eigenvalue weighted by Gasteiger charge is 2.25. The smallest absolute Gasteiger partial charge is 0.277 e. The average molecular weight is 271 g/mol. The van der Waals surface area contributed by atoms with Crippen molar-refractivity contribution in [2.45, 2.75) is 18.9 Å². The third-order valence-corrected chi connectivity index (χ3v) is 2.98. The number of benzene rings is 1. The lowest BCUT2D eigenvalue weighted by molar-refractivity contribution is 0.0952. The Labute approximate surface area is 114 Å². The van der Waals surface area contributed by atoms with Crippen LogP contribution in [0.4, 0.5) is 5.69 Å². The normalized spacial score (nSPS) is 13.8. The number of hydrogen-bond acceptors (Lipinski definition) is 4. The Bertz CT molecular complexity index is 634. The SMILES string of the molecule is O=C(Nc1ccccc1C(=O)NC1CC1)c1cn[nH]n1. The van der Waals surface area contributed by atoms with Gasteiger partial charge in [0.25, 0.3) is 11.8 Å². The van der Waals surface area contributed by atoms with Gasteiger partial charge in [-0.15, -0.1) is 0 Å². The van der Waals surface area contributed by atoms with Gasteiger partial charge in [0.05, 0.1) is 17.4 Å². The van der Waals surface area contributed by atoms with Gasteiger partial charge in [0.2, 0.25) is 0 Å². The molecule has 1 fully saturated rings. The summed E-state index contributed by atoms with van der Waals surface area (Å²) in [7, 11) is 0. The van der Waals surface area contributed by atoms with Gasteiger partial charge in [-0.1, -0.05) is 12.1 Å². The molecule has 102 valence electrons. The number of hydrogen-bond donors (Lipinski definition) is 3. The first kappa shape index (κ1) is 12.3. The molecule has 1 aromatic carbocycles. The number of amides is 2. The summed E-state index contributed by atoms with van der Waals surface area (Å²) < 4.78 is 0.